The highest BCUT2D eigenvalue weighted by Crippen LogP contribution is 2.20. The Morgan fingerprint density at radius 3 is 2.95 bits per heavy atom. The van der Waals surface area contributed by atoms with Crippen molar-refractivity contribution < 1.29 is 19.1 Å². The average Bonchev–Trinajstić information content (AvgIpc) is 2.43. The quantitative estimate of drug-likeness (QED) is 0.907. The van der Waals surface area contributed by atoms with Gasteiger partial charge in [0.1, 0.15) is 11.9 Å². The van der Waals surface area contributed by atoms with Crippen LogP contribution in [0.25, 0.3) is 0 Å². The lowest BCUT2D eigenvalue weighted by Gasteiger charge is -2.30. The summed E-state index contributed by atoms with van der Waals surface area (Å²) >= 11 is 0. The molecule has 1 fully saturated rings. The Balaban J connectivity index is 2.14. The summed E-state index contributed by atoms with van der Waals surface area (Å²) in [4.78, 5) is 24.2. The molecule has 5 nitrogen and oxygen atoms in total. The first-order valence-electron chi connectivity index (χ1n) is 6.20. The summed E-state index contributed by atoms with van der Waals surface area (Å²) < 4.78 is 13.2. The van der Waals surface area contributed by atoms with Crippen molar-refractivity contribution in [2.45, 2.75) is 19.4 Å². The minimum atomic E-state index is -0.917. The van der Waals surface area contributed by atoms with E-state index < -0.39 is 17.7 Å². The van der Waals surface area contributed by atoms with E-state index in [0.717, 1.165) is 0 Å². The van der Waals surface area contributed by atoms with Crippen molar-refractivity contribution in [3.05, 3.63) is 35.1 Å². The second-order valence-electron chi connectivity index (χ2n) is 4.77. The third-order valence-electron chi connectivity index (χ3n) is 3.37. The van der Waals surface area contributed by atoms with Crippen LogP contribution in [0.3, 0.4) is 0 Å². The van der Waals surface area contributed by atoms with Crippen LogP contribution >= 0.6 is 0 Å². The van der Waals surface area contributed by atoms with Gasteiger partial charge in [-0.25, -0.2) is 4.39 Å². The van der Waals surface area contributed by atoms with E-state index in [4.69, 9.17) is 10.4 Å². The van der Waals surface area contributed by atoms with E-state index in [1.807, 2.05) is 0 Å². The number of rotatable bonds is 3. The predicted molar refractivity (Wildman–Crippen MR) is 66.9 cm³/mol. The molecule has 0 aliphatic carbocycles. The molecule has 1 aromatic rings. The van der Waals surface area contributed by atoms with Gasteiger partial charge in [-0.1, -0.05) is 6.07 Å². The lowest BCUT2D eigenvalue weighted by Crippen LogP contribution is -2.42. The van der Waals surface area contributed by atoms with Crippen LogP contribution in [-0.2, 0) is 16.1 Å². The Kier molecular flexibility index (Phi) is 3.99. The minimum Gasteiger partial charge on any atom is -0.481 e. The van der Waals surface area contributed by atoms with Gasteiger partial charge in [0.2, 0.25) is 5.91 Å². The van der Waals surface area contributed by atoms with Gasteiger partial charge in [0.15, 0.2) is 0 Å². The summed E-state index contributed by atoms with van der Waals surface area (Å²) in [5.41, 5.74) is 0.532. The van der Waals surface area contributed by atoms with E-state index in [1.54, 1.807) is 6.07 Å². The maximum absolute atomic E-state index is 13.2. The number of hydrogen-bond acceptors (Lipinski definition) is 3. The lowest BCUT2D eigenvalue weighted by atomic mass is 9.97. The van der Waals surface area contributed by atoms with Gasteiger partial charge in [0, 0.05) is 19.5 Å². The van der Waals surface area contributed by atoms with Crippen LogP contribution < -0.4 is 0 Å². The maximum atomic E-state index is 13.2. The molecule has 1 heterocycles. The van der Waals surface area contributed by atoms with Gasteiger partial charge >= 0.3 is 5.97 Å². The molecule has 1 saturated heterocycles. The summed E-state index contributed by atoms with van der Waals surface area (Å²) in [6.45, 7) is 0.338. The highest BCUT2D eigenvalue weighted by Gasteiger charge is 2.29. The van der Waals surface area contributed by atoms with Crippen molar-refractivity contribution in [1.29, 1.82) is 5.26 Å². The summed E-state index contributed by atoms with van der Waals surface area (Å²) in [6, 6.07) is 5.79. The van der Waals surface area contributed by atoms with Crippen molar-refractivity contribution in [2.75, 3.05) is 6.54 Å². The molecule has 0 bridgehead atoms. The molecule has 2 rings (SSSR count). The molecule has 1 amide bonds. The van der Waals surface area contributed by atoms with Crippen LogP contribution in [0.1, 0.15) is 24.0 Å². The standard InChI is InChI=1S/C14H13FN2O3/c15-12-3-1-9(5-11(12)6-16)7-17-8-10(14(19)20)2-4-13(17)18/h1,3,5,10H,2,4,7-8H2,(H,19,20). The van der Waals surface area contributed by atoms with Crippen LogP contribution in [0.5, 0.6) is 0 Å². The minimum absolute atomic E-state index is 0.0817. The molecule has 0 spiro atoms. The second-order valence-corrected chi connectivity index (χ2v) is 4.77. The van der Waals surface area contributed by atoms with Crippen LogP contribution in [-0.4, -0.2) is 28.4 Å². The molecule has 1 N–H and O–H groups in total. The van der Waals surface area contributed by atoms with Gasteiger partial charge in [-0.05, 0) is 24.1 Å². The number of nitrogens with zero attached hydrogens (tertiary/aromatic N) is 2. The number of aliphatic carboxylic acids is 1. The average molecular weight is 276 g/mol. The molecule has 1 aromatic carbocycles. The predicted octanol–water partition coefficient (Wildman–Crippen LogP) is 1.52. The molecule has 1 aliphatic rings. The number of carbonyl (C=O) groups is 2. The summed E-state index contributed by atoms with van der Waals surface area (Å²) in [5, 5.41) is 17.8. The fourth-order valence-electron chi connectivity index (χ4n) is 2.25. The number of nitriles is 1. The number of amides is 1. The fourth-order valence-corrected chi connectivity index (χ4v) is 2.25. The molecule has 20 heavy (non-hydrogen) atoms. The van der Waals surface area contributed by atoms with E-state index in [2.05, 4.69) is 0 Å². The van der Waals surface area contributed by atoms with Crippen molar-refractivity contribution in [2.24, 2.45) is 5.92 Å². The van der Waals surface area contributed by atoms with Crippen molar-refractivity contribution in [1.82, 2.24) is 4.90 Å². The van der Waals surface area contributed by atoms with Crippen LogP contribution in [0, 0.1) is 23.1 Å². The van der Waals surface area contributed by atoms with E-state index >= 15 is 0 Å². The number of piperidine rings is 1. The topological polar surface area (TPSA) is 81.4 Å². The van der Waals surface area contributed by atoms with Gasteiger partial charge < -0.3 is 10.0 Å². The Bertz CT molecular complexity index is 595. The number of halogens is 1. The summed E-state index contributed by atoms with van der Waals surface area (Å²) in [7, 11) is 0. The van der Waals surface area contributed by atoms with Crippen molar-refractivity contribution in [3.8, 4) is 6.07 Å². The SMILES string of the molecule is N#Cc1cc(CN2CC(C(=O)O)CCC2=O)ccc1F. The summed E-state index contributed by atoms with van der Waals surface area (Å²) in [5.74, 6) is -2.21. The first kappa shape index (κ1) is 14.0. The Hall–Kier alpha value is -2.42. The first-order valence-corrected chi connectivity index (χ1v) is 6.20. The van der Waals surface area contributed by atoms with E-state index in [1.165, 1.54) is 23.1 Å². The number of carboxylic acids is 1. The van der Waals surface area contributed by atoms with Crippen molar-refractivity contribution in [3.63, 3.8) is 0 Å². The largest absolute Gasteiger partial charge is 0.481 e. The van der Waals surface area contributed by atoms with Crippen LogP contribution in [0.15, 0.2) is 18.2 Å². The number of carboxylic acid groups (broad SMARTS) is 1. The number of benzene rings is 1. The molecule has 6 heteroatoms. The van der Waals surface area contributed by atoms with Crippen LogP contribution in [0.2, 0.25) is 0 Å². The highest BCUT2D eigenvalue weighted by molar-refractivity contribution is 5.80. The van der Waals surface area contributed by atoms with Crippen molar-refractivity contribution >= 4 is 11.9 Å². The molecule has 1 atom stereocenters. The first-order chi connectivity index (χ1) is 9.51. The molecule has 104 valence electrons. The Morgan fingerprint density at radius 1 is 1.55 bits per heavy atom. The van der Waals surface area contributed by atoms with E-state index in [-0.39, 0.29) is 31.0 Å². The Morgan fingerprint density at radius 2 is 2.30 bits per heavy atom. The number of hydrogen-bond donors (Lipinski definition) is 1. The van der Waals surface area contributed by atoms with Crippen LogP contribution in [0.4, 0.5) is 4.39 Å². The number of carbonyl (C=O) groups excluding carboxylic acids is 1. The third-order valence-corrected chi connectivity index (χ3v) is 3.37. The van der Waals surface area contributed by atoms with Gasteiger partial charge in [-0.15, -0.1) is 0 Å². The summed E-state index contributed by atoms with van der Waals surface area (Å²) in [6.07, 6.45) is 0.542. The molecule has 1 aliphatic heterocycles. The van der Waals surface area contributed by atoms with Gasteiger partial charge in [0.05, 0.1) is 11.5 Å². The molecule has 0 aromatic heterocycles. The lowest BCUT2D eigenvalue weighted by molar-refractivity contribution is -0.147. The maximum Gasteiger partial charge on any atom is 0.308 e. The zero-order chi connectivity index (χ0) is 14.7. The zero-order valence-corrected chi connectivity index (χ0v) is 10.7. The van der Waals surface area contributed by atoms with E-state index in [0.29, 0.717) is 12.0 Å². The molecule has 1 unspecified atom stereocenters. The monoisotopic (exact) mass is 276 g/mol. The molecule has 0 radical (unpaired) electrons. The number of likely N-dealkylation sites (tertiary alicyclic amines) is 1. The fraction of sp³-hybridized carbons (Fsp3) is 0.357. The van der Waals surface area contributed by atoms with Gasteiger partial charge in [-0.3, -0.25) is 9.59 Å². The smallest absolute Gasteiger partial charge is 0.308 e. The molecule has 0 saturated carbocycles. The van der Waals surface area contributed by atoms with E-state index in [9.17, 15) is 14.0 Å². The van der Waals surface area contributed by atoms with Gasteiger partial charge in [0.25, 0.3) is 0 Å². The Labute approximate surface area is 115 Å². The molecular formula is C14H13FN2O3. The highest BCUT2D eigenvalue weighted by atomic mass is 19.1. The molecular weight excluding hydrogens is 263 g/mol. The van der Waals surface area contributed by atoms with Gasteiger partial charge in [-0.2, -0.15) is 5.26 Å². The third kappa shape index (κ3) is 2.94. The zero-order valence-electron chi connectivity index (χ0n) is 10.7. The second kappa shape index (κ2) is 5.70. The normalized spacial score (nSPS) is 18.7.